The minimum absolute atomic E-state index is 0.0193. The van der Waals surface area contributed by atoms with Crippen molar-refractivity contribution in [3.05, 3.63) is 83.4 Å². The van der Waals surface area contributed by atoms with E-state index in [1.807, 2.05) is 19.1 Å². The lowest BCUT2D eigenvalue weighted by molar-refractivity contribution is -0.137. The first-order valence-corrected chi connectivity index (χ1v) is 12.7. The third-order valence-corrected chi connectivity index (χ3v) is 7.45. The number of rotatable bonds is 6. The summed E-state index contributed by atoms with van der Waals surface area (Å²) in [7, 11) is -4.13. The molecular weight excluding hydrogens is 463 g/mol. The largest absolute Gasteiger partial charge is 0.455 e. The molecule has 180 valence electrons. The molecule has 0 aliphatic heterocycles. The van der Waals surface area contributed by atoms with Crippen LogP contribution in [0.2, 0.25) is 0 Å². The van der Waals surface area contributed by atoms with E-state index in [1.165, 1.54) is 37.0 Å². The average Bonchev–Trinajstić information content (AvgIpc) is 2.81. The molecule has 1 aliphatic carbocycles. The van der Waals surface area contributed by atoms with Crippen LogP contribution in [0.5, 0.6) is 11.5 Å². The van der Waals surface area contributed by atoms with Gasteiger partial charge < -0.3 is 4.74 Å². The van der Waals surface area contributed by atoms with Crippen LogP contribution in [0.1, 0.15) is 54.7 Å². The highest BCUT2D eigenvalue weighted by Gasteiger charge is 2.32. The van der Waals surface area contributed by atoms with Gasteiger partial charge in [-0.2, -0.15) is 13.2 Å². The quantitative estimate of drug-likeness (QED) is 0.387. The number of aryl methyl sites for hydroxylation is 1. The number of benzene rings is 3. The number of anilines is 1. The van der Waals surface area contributed by atoms with Gasteiger partial charge >= 0.3 is 6.18 Å². The Hall–Kier alpha value is -3.00. The third kappa shape index (κ3) is 5.73. The standard InChI is InChI=1S/C26H26F3NO3S/c1-18-7-14-23(15-8-18)34(31,32)30-24-17-21(26(27,28)29)11-16-25(24)33-22-12-9-20(10-13-22)19-5-3-2-4-6-19/h7-17,19,30H,2-6H2,1H3. The van der Waals surface area contributed by atoms with Crippen LogP contribution in [-0.2, 0) is 16.2 Å². The van der Waals surface area contributed by atoms with Gasteiger partial charge in [0.15, 0.2) is 5.75 Å². The van der Waals surface area contributed by atoms with Crippen LogP contribution in [0.15, 0.2) is 71.6 Å². The minimum Gasteiger partial charge on any atom is -0.455 e. The summed E-state index contributed by atoms with van der Waals surface area (Å²) < 4.78 is 73.8. The summed E-state index contributed by atoms with van der Waals surface area (Å²) in [6, 6.07) is 16.2. The Bertz CT molecular complexity index is 1230. The van der Waals surface area contributed by atoms with Gasteiger partial charge in [0.1, 0.15) is 5.75 Å². The lowest BCUT2D eigenvalue weighted by Crippen LogP contribution is -2.15. The topological polar surface area (TPSA) is 55.4 Å². The van der Waals surface area contributed by atoms with Crippen molar-refractivity contribution in [3.8, 4) is 11.5 Å². The van der Waals surface area contributed by atoms with Crippen molar-refractivity contribution < 1.29 is 26.3 Å². The Kier molecular flexibility index (Phi) is 6.89. The molecule has 0 aromatic heterocycles. The number of nitrogens with one attached hydrogen (secondary N) is 1. The van der Waals surface area contributed by atoms with Crippen molar-refractivity contribution in [2.45, 2.75) is 56.0 Å². The fraction of sp³-hybridized carbons (Fsp3) is 0.308. The third-order valence-electron chi connectivity index (χ3n) is 6.07. The van der Waals surface area contributed by atoms with Crippen molar-refractivity contribution in [2.75, 3.05) is 4.72 Å². The molecule has 34 heavy (non-hydrogen) atoms. The summed E-state index contributed by atoms with van der Waals surface area (Å²) in [5.74, 6) is 0.898. The number of alkyl halides is 3. The van der Waals surface area contributed by atoms with Crippen LogP contribution in [-0.4, -0.2) is 8.42 Å². The Balaban J connectivity index is 1.62. The van der Waals surface area contributed by atoms with Crippen LogP contribution < -0.4 is 9.46 Å². The maximum atomic E-state index is 13.3. The fourth-order valence-corrected chi connectivity index (χ4v) is 5.23. The highest BCUT2D eigenvalue weighted by molar-refractivity contribution is 7.92. The molecule has 4 rings (SSSR count). The highest BCUT2D eigenvalue weighted by atomic mass is 32.2. The number of hydrogen-bond acceptors (Lipinski definition) is 3. The summed E-state index contributed by atoms with van der Waals surface area (Å²) in [5.41, 5.74) is 0.805. The zero-order valence-corrected chi connectivity index (χ0v) is 19.5. The zero-order chi connectivity index (χ0) is 24.3. The molecule has 1 fully saturated rings. The first-order valence-electron chi connectivity index (χ1n) is 11.2. The summed E-state index contributed by atoms with van der Waals surface area (Å²) >= 11 is 0. The highest BCUT2D eigenvalue weighted by Crippen LogP contribution is 2.39. The maximum Gasteiger partial charge on any atom is 0.416 e. The predicted octanol–water partition coefficient (Wildman–Crippen LogP) is 7.65. The number of ether oxygens (including phenoxy) is 1. The van der Waals surface area contributed by atoms with Gasteiger partial charge in [-0.3, -0.25) is 4.72 Å². The Morgan fingerprint density at radius 2 is 1.53 bits per heavy atom. The van der Waals surface area contributed by atoms with Gasteiger partial charge in [-0.05, 0) is 73.7 Å². The summed E-state index contributed by atoms with van der Waals surface area (Å²) in [6.45, 7) is 1.81. The van der Waals surface area contributed by atoms with Gasteiger partial charge in [0, 0.05) is 0 Å². The van der Waals surface area contributed by atoms with E-state index in [0.29, 0.717) is 11.7 Å². The zero-order valence-electron chi connectivity index (χ0n) is 18.7. The molecule has 0 saturated heterocycles. The van der Waals surface area contributed by atoms with Gasteiger partial charge in [0.05, 0.1) is 16.1 Å². The summed E-state index contributed by atoms with van der Waals surface area (Å²) in [6.07, 6.45) is 1.32. The van der Waals surface area contributed by atoms with Crippen molar-refractivity contribution in [1.82, 2.24) is 0 Å². The lowest BCUT2D eigenvalue weighted by Gasteiger charge is -2.22. The van der Waals surface area contributed by atoms with Gasteiger partial charge in [0.2, 0.25) is 0 Å². The second-order valence-electron chi connectivity index (χ2n) is 8.63. The molecular formula is C26H26F3NO3S. The van der Waals surface area contributed by atoms with E-state index in [0.717, 1.165) is 36.6 Å². The first kappa shape index (κ1) is 24.1. The van der Waals surface area contributed by atoms with E-state index < -0.39 is 21.8 Å². The molecule has 3 aromatic rings. The molecule has 0 unspecified atom stereocenters. The molecule has 1 saturated carbocycles. The van der Waals surface area contributed by atoms with Crippen molar-refractivity contribution in [2.24, 2.45) is 0 Å². The smallest absolute Gasteiger partial charge is 0.416 e. The van der Waals surface area contributed by atoms with Crippen LogP contribution in [0.3, 0.4) is 0 Å². The molecule has 0 atom stereocenters. The van der Waals surface area contributed by atoms with Crippen molar-refractivity contribution in [1.29, 1.82) is 0 Å². The molecule has 8 heteroatoms. The van der Waals surface area contributed by atoms with E-state index in [1.54, 1.807) is 24.3 Å². The van der Waals surface area contributed by atoms with Gasteiger partial charge in [0.25, 0.3) is 10.0 Å². The van der Waals surface area contributed by atoms with E-state index in [9.17, 15) is 21.6 Å². The Morgan fingerprint density at radius 1 is 0.882 bits per heavy atom. The van der Waals surface area contributed by atoms with E-state index in [4.69, 9.17) is 4.74 Å². The van der Waals surface area contributed by atoms with Crippen LogP contribution in [0.4, 0.5) is 18.9 Å². The van der Waals surface area contributed by atoms with Gasteiger partial charge in [-0.25, -0.2) is 8.42 Å². The molecule has 1 aliphatic rings. The SMILES string of the molecule is Cc1ccc(S(=O)(=O)Nc2cc(C(F)(F)F)ccc2Oc2ccc(C3CCCCC3)cc2)cc1. The monoisotopic (exact) mass is 489 g/mol. The Labute approximate surface area is 197 Å². The molecule has 0 heterocycles. The van der Waals surface area contributed by atoms with Crippen molar-refractivity contribution in [3.63, 3.8) is 0 Å². The van der Waals surface area contributed by atoms with E-state index in [-0.39, 0.29) is 16.3 Å². The lowest BCUT2D eigenvalue weighted by atomic mass is 9.84. The van der Waals surface area contributed by atoms with E-state index >= 15 is 0 Å². The second kappa shape index (κ2) is 9.70. The van der Waals surface area contributed by atoms with Crippen LogP contribution >= 0.6 is 0 Å². The minimum atomic E-state index is -4.63. The molecule has 1 N–H and O–H groups in total. The summed E-state index contributed by atoms with van der Waals surface area (Å²) in [5, 5.41) is 0. The Morgan fingerprint density at radius 3 is 2.15 bits per heavy atom. The molecule has 0 spiro atoms. The number of halogens is 3. The van der Waals surface area contributed by atoms with Crippen LogP contribution in [0.25, 0.3) is 0 Å². The molecule has 0 amide bonds. The average molecular weight is 490 g/mol. The molecule has 0 radical (unpaired) electrons. The predicted molar refractivity (Wildman–Crippen MR) is 126 cm³/mol. The first-order chi connectivity index (χ1) is 16.1. The fourth-order valence-electron chi connectivity index (χ4n) is 4.17. The van der Waals surface area contributed by atoms with Gasteiger partial charge in [-0.1, -0.05) is 49.1 Å². The second-order valence-corrected chi connectivity index (χ2v) is 10.3. The van der Waals surface area contributed by atoms with Crippen LogP contribution in [0, 0.1) is 6.92 Å². The normalized spacial score (nSPS) is 15.2. The maximum absolute atomic E-state index is 13.3. The molecule has 0 bridgehead atoms. The summed E-state index contributed by atoms with van der Waals surface area (Å²) in [4.78, 5) is -0.0571. The number of hydrogen-bond donors (Lipinski definition) is 1. The molecule has 3 aromatic carbocycles. The molecule has 4 nitrogen and oxygen atoms in total. The van der Waals surface area contributed by atoms with Crippen molar-refractivity contribution >= 4 is 15.7 Å². The van der Waals surface area contributed by atoms with E-state index in [2.05, 4.69) is 4.72 Å². The number of sulfonamides is 1. The van der Waals surface area contributed by atoms with Gasteiger partial charge in [-0.15, -0.1) is 0 Å².